The molecule has 0 rings (SSSR count). The van der Waals surface area contributed by atoms with Crippen LogP contribution in [0.15, 0.2) is 0 Å². The smallest absolute Gasteiger partial charge is 0.307 e. The molecular weight excluding hydrogens is 424 g/mol. The molecule has 2 N–H and O–H groups in total. The summed E-state index contributed by atoms with van der Waals surface area (Å²) in [7, 11) is 0. The van der Waals surface area contributed by atoms with Gasteiger partial charge >= 0.3 is 11.9 Å². The van der Waals surface area contributed by atoms with Crippen LogP contribution in [0.5, 0.6) is 0 Å². The van der Waals surface area contributed by atoms with Crippen LogP contribution in [0.3, 0.4) is 0 Å². The average Bonchev–Trinajstić information content (AvgIpc) is 2.80. The molecule has 0 saturated carbocycles. The summed E-state index contributed by atoms with van der Waals surface area (Å²) >= 11 is 0. The van der Waals surface area contributed by atoms with Crippen molar-refractivity contribution in [3.63, 3.8) is 0 Å². The Morgan fingerprint density at radius 3 is 1.24 bits per heavy atom. The van der Waals surface area contributed by atoms with Crippen LogP contribution in [-0.4, -0.2) is 22.2 Å². The highest BCUT2D eigenvalue weighted by Gasteiger charge is 2.29. The number of hydrogen-bond donors (Lipinski definition) is 2. The van der Waals surface area contributed by atoms with Crippen LogP contribution in [0, 0.1) is 17.8 Å². The van der Waals surface area contributed by atoms with E-state index in [4.69, 9.17) is 0 Å². The lowest BCUT2D eigenvalue weighted by atomic mass is 9.75. The number of hydrogen-bond acceptors (Lipinski definition) is 2. The Kier molecular flexibility index (Phi) is 22.9. The molecule has 0 aromatic rings. The molecule has 0 amide bonds. The standard InChI is InChI=1S/C30H58O4/c1-4-7-10-13-16-19-22-26(21-18-15-12-9-6-3)27(23-20-17-14-11-8-5-2)24-28(30(33)34)25-29(31)32/h26-28H,4-25H2,1-3H3,(H,31,32)(H,33,34). The van der Waals surface area contributed by atoms with E-state index in [0.29, 0.717) is 18.3 Å². The van der Waals surface area contributed by atoms with E-state index in [9.17, 15) is 19.8 Å². The lowest BCUT2D eigenvalue weighted by Gasteiger charge is -2.30. The van der Waals surface area contributed by atoms with E-state index in [2.05, 4.69) is 20.8 Å². The second-order valence-electron chi connectivity index (χ2n) is 10.7. The SMILES string of the molecule is CCCCCCCCC(CCCCCCC)C(CCCCCCCC)CC(CC(=O)O)C(=O)O. The molecule has 0 aliphatic heterocycles. The molecule has 0 bridgehead atoms. The van der Waals surface area contributed by atoms with E-state index >= 15 is 0 Å². The maximum atomic E-state index is 11.9. The first-order chi connectivity index (χ1) is 16.5. The minimum atomic E-state index is -0.988. The molecule has 0 aromatic heterocycles. The van der Waals surface area contributed by atoms with Crippen molar-refractivity contribution in [2.45, 2.75) is 162 Å². The fraction of sp³-hybridized carbons (Fsp3) is 0.933. The van der Waals surface area contributed by atoms with Gasteiger partial charge in [-0.15, -0.1) is 0 Å². The first kappa shape index (κ1) is 32.9. The monoisotopic (exact) mass is 482 g/mol. The number of carbonyl (C=O) groups is 2. The van der Waals surface area contributed by atoms with Crippen LogP contribution in [0.25, 0.3) is 0 Å². The van der Waals surface area contributed by atoms with Gasteiger partial charge in [0.05, 0.1) is 12.3 Å². The Morgan fingerprint density at radius 1 is 0.529 bits per heavy atom. The van der Waals surface area contributed by atoms with Gasteiger partial charge in [0, 0.05) is 0 Å². The Balaban J connectivity index is 5.12. The van der Waals surface area contributed by atoms with E-state index < -0.39 is 17.9 Å². The van der Waals surface area contributed by atoms with Crippen molar-refractivity contribution in [2.75, 3.05) is 0 Å². The van der Waals surface area contributed by atoms with Gasteiger partial charge in [0.2, 0.25) is 0 Å². The highest BCUT2D eigenvalue weighted by Crippen LogP contribution is 2.35. The number of carboxylic acid groups (broad SMARTS) is 2. The minimum absolute atomic E-state index is 0.247. The second-order valence-corrected chi connectivity index (χ2v) is 10.7. The van der Waals surface area contributed by atoms with Gasteiger partial charge in [0.1, 0.15) is 0 Å². The Labute approximate surface area is 211 Å². The third kappa shape index (κ3) is 19.3. The highest BCUT2D eigenvalue weighted by molar-refractivity contribution is 5.77. The molecule has 0 spiro atoms. The minimum Gasteiger partial charge on any atom is -0.481 e. The third-order valence-electron chi connectivity index (χ3n) is 7.56. The molecule has 202 valence electrons. The van der Waals surface area contributed by atoms with Gasteiger partial charge < -0.3 is 10.2 Å². The molecule has 0 fully saturated rings. The molecule has 3 atom stereocenters. The largest absolute Gasteiger partial charge is 0.481 e. The summed E-state index contributed by atoms with van der Waals surface area (Å²) in [5, 5.41) is 19.0. The Bertz CT molecular complexity index is 476. The predicted molar refractivity (Wildman–Crippen MR) is 144 cm³/mol. The number of carboxylic acids is 2. The molecule has 0 radical (unpaired) electrons. The molecule has 0 aliphatic rings. The first-order valence-electron chi connectivity index (χ1n) is 14.9. The summed E-state index contributed by atoms with van der Waals surface area (Å²) in [5.74, 6) is -1.79. The van der Waals surface area contributed by atoms with Crippen LogP contribution in [0.2, 0.25) is 0 Å². The van der Waals surface area contributed by atoms with Gasteiger partial charge in [-0.1, -0.05) is 149 Å². The normalized spacial score (nSPS) is 14.1. The first-order valence-corrected chi connectivity index (χ1v) is 14.9. The van der Waals surface area contributed by atoms with Crippen molar-refractivity contribution in [1.29, 1.82) is 0 Å². The number of rotatable bonds is 26. The maximum absolute atomic E-state index is 11.9. The third-order valence-corrected chi connectivity index (χ3v) is 7.56. The second kappa shape index (κ2) is 23.7. The van der Waals surface area contributed by atoms with Crippen molar-refractivity contribution in [3.05, 3.63) is 0 Å². The number of unbranched alkanes of at least 4 members (excludes halogenated alkanes) is 14. The molecular formula is C30H58O4. The van der Waals surface area contributed by atoms with Crippen LogP contribution in [0.1, 0.15) is 162 Å². The molecule has 0 aliphatic carbocycles. The molecule has 34 heavy (non-hydrogen) atoms. The van der Waals surface area contributed by atoms with E-state index in [1.807, 2.05) is 0 Å². The Morgan fingerprint density at radius 2 is 0.882 bits per heavy atom. The van der Waals surface area contributed by atoms with Gasteiger partial charge in [-0.2, -0.15) is 0 Å². The molecule has 0 aromatic carbocycles. The molecule has 4 nitrogen and oxygen atoms in total. The molecule has 4 heteroatoms. The van der Waals surface area contributed by atoms with E-state index in [1.165, 1.54) is 116 Å². The molecule has 0 saturated heterocycles. The summed E-state index contributed by atoms with van der Waals surface area (Å²) in [6.07, 6.45) is 25.2. The van der Waals surface area contributed by atoms with E-state index in [0.717, 1.165) is 12.8 Å². The number of aliphatic carboxylic acids is 2. The van der Waals surface area contributed by atoms with Crippen LogP contribution < -0.4 is 0 Å². The fourth-order valence-corrected chi connectivity index (χ4v) is 5.39. The van der Waals surface area contributed by atoms with Gasteiger partial charge in [0.25, 0.3) is 0 Å². The lowest BCUT2D eigenvalue weighted by molar-refractivity contribution is -0.149. The van der Waals surface area contributed by atoms with E-state index in [1.54, 1.807) is 0 Å². The topological polar surface area (TPSA) is 74.6 Å². The van der Waals surface area contributed by atoms with Crippen molar-refractivity contribution in [3.8, 4) is 0 Å². The fourth-order valence-electron chi connectivity index (χ4n) is 5.39. The van der Waals surface area contributed by atoms with Gasteiger partial charge in [-0.05, 0) is 18.3 Å². The molecule has 3 unspecified atom stereocenters. The van der Waals surface area contributed by atoms with Crippen LogP contribution >= 0.6 is 0 Å². The predicted octanol–water partition coefficient (Wildman–Crippen LogP) is 9.65. The quantitative estimate of drug-likeness (QED) is 0.120. The van der Waals surface area contributed by atoms with Crippen LogP contribution in [-0.2, 0) is 9.59 Å². The van der Waals surface area contributed by atoms with Crippen molar-refractivity contribution >= 4 is 11.9 Å². The van der Waals surface area contributed by atoms with Crippen molar-refractivity contribution in [1.82, 2.24) is 0 Å². The zero-order chi connectivity index (χ0) is 25.4. The molecule has 0 heterocycles. The summed E-state index contributed by atoms with van der Waals surface area (Å²) in [5.41, 5.74) is 0. The van der Waals surface area contributed by atoms with Crippen molar-refractivity contribution < 1.29 is 19.8 Å². The zero-order valence-corrected chi connectivity index (χ0v) is 23.0. The summed E-state index contributed by atoms with van der Waals surface area (Å²) < 4.78 is 0. The Hall–Kier alpha value is -1.06. The van der Waals surface area contributed by atoms with Crippen LogP contribution in [0.4, 0.5) is 0 Å². The summed E-state index contributed by atoms with van der Waals surface area (Å²) in [6, 6.07) is 0. The van der Waals surface area contributed by atoms with Gasteiger partial charge in [-0.25, -0.2) is 0 Å². The van der Waals surface area contributed by atoms with Gasteiger partial charge in [0.15, 0.2) is 0 Å². The maximum Gasteiger partial charge on any atom is 0.307 e. The van der Waals surface area contributed by atoms with Crippen molar-refractivity contribution in [2.24, 2.45) is 17.8 Å². The van der Waals surface area contributed by atoms with E-state index in [-0.39, 0.29) is 6.42 Å². The van der Waals surface area contributed by atoms with Gasteiger partial charge in [-0.3, -0.25) is 9.59 Å². The summed E-state index contributed by atoms with van der Waals surface area (Å²) in [6.45, 7) is 6.72. The lowest BCUT2D eigenvalue weighted by Crippen LogP contribution is -2.25. The highest BCUT2D eigenvalue weighted by atomic mass is 16.4. The zero-order valence-electron chi connectivity index (χ0n) is 23.0. The summed E-state index contributed by atoms with van der Waals surface area (Å²) in [4.78, 5) is 23.2. The average molecular weight is 483 g/mol.